The lowest BCUT2D eigenvalue weighted by Gasteiger charge is -1.98. The van der Waals surface area contributed by atoms with Crippen molar-refractivity contribution in [1.29, 1.82) is 0 Å². The van der Waals surface area contributed by atoms with Crippen LogP contribution in [0.4, 0.5) is 5.69 Å². The van der Waals surface area contributed by atoms with Gasteiger partial charge in [0.1, 0.15) is 5.58 Å². The smallest absolute Gasteiger partial charge is 0.136 e. The Morgan fingerprint density at radius 1 is 1.38 bits per heavy atom. The third-order valence-corrected chi connectivity index (χ3v) is 2.70. The topological polar surface area (TPSA) is 25.2 Å². The molecule has 2 aromatic rings. The first-order valence-corrected chi connectivity index (χ1v) is 4.59. The first-order chi connectivity index (χ1) is 6.34. The average Bonchev–Trinajstić information content (AvgIpc) is 2.70. The highest BCUT2D eigenvalue weighted by molar-refractivity contribution is 5.86. The Balaban J connectivity index is 2.38. The molecule has 0 atom stereocenters. The molecule has 1 aliphatic rings. The van der Waals surface area contributed by atoms with E-state index < -0.39 is 0 Å². The minimum atomic E-state index is 0.991. The minimum Gasteiger partial charge on any atom is -0.464 e. The van der Waals surface area contributed by atoms with Crippen molar-refractivity contribution in [3.8, 4) is 0 Å². The zero-order valence-corrected chi connectivity index (χ0v) is 7.55. The quantitative estimate of drug-likeness (QED) is 0.662. The fourth-order valence-corrected chi connectivity index (χ4v) is 1.95. The van der Waals surface area contributed by atoms with Gasteiger partial charge >= 0.3 is 0 Å². The van der Waals surface area contributed by atoms with Crippen LogP contribution >= 0.6 is 0 Å². The Bertz CT molecular complexity index is 470. The van der Waals surface area contributed by atoms with E-state index in [1.165, 1.54) is 22.2 Å². The van der Waals surface area contributed by atoms with E-state index in [9.17, 15) is 0 Å². The molecule has 1 N–H and O–H groups in total. The van der Waals surface area contributed by atoms with Crippen LogP contribution in [0.3, 0.4) is 0 Å². The summed E-state index contributed by atoms with van der Waals surface area (Å²) in [6, 6.07) is 4.34. The van der Waals surface area contributed by atoms with Crippen LogP contribution in [-0.4, -0.2) is 6.54 Å². The van der Waals surface area contributed by atoms with Crippen LogP contribution in [0.1, 0.15) is 11.1 Å². The molecule has 0 saturated carbocycles. The van der Waals surface area contributed by atoms with Crippen molar-refractivity contribution in [2.24, 2.45) is 0 Å². The highest BCUT2D eigenvalue weighted by Crippen LogP contribution is 2.30. The number of aryl methyl sites for hydroxylation is 1. The van der Waals surface area contributed by atoms with Gasteiger partial charge in [0.2, 0.25) is 0 Å². The number of rotatable bonds is 0. The van der Waals surface area contributed by atoms with Crippen molar-refractivity contribution < 1.29 is 4.42 Å². The summed E-state index contributed by atoms with van der Waals surface area (Å²) in [5.74, 6) is 0. The van der Waals surface area contributed by atoms with Gasteiger partial charge in [0.05, 0.1) is 6.26 Å². The van der Waals surface area contributed by atoms with Gasteiger partial charge in [-0.25, -0.2) is 0 Å². The van der Waals surface area contributed by atoms with Gasteiger partial charge in [-0.15, -0.1) is 0 Å². The van der Waals surface area contributed by atoms with Crippen molar-refractivity contribution in [2.45, 2.75) is 13.3 Å². The number of anilines is 1. The summed E-state index contributed by atoms with van der Waals surface area (Å²) >= 11 is 0. The number of hydrogen-bond acceptors (Lipinski definition) is 2. The fourth-order valence-electron chi connectivity index (χ4n) is 1.95. The molecule has 2 heteroatoms. The summed E-state index contributed by atoms with van der Waals surface area (Å²) in [7, 11) is 0. The van der Waals surface area contributed by atoms with Crippen LogP contribution in [0, 0.1) is 6.92 Å². The Morgan fingerprint density at radius 2 is 2.31 bits per heavy atom. The first-order valence-electron chi connectivity index (χ1n) is 4.59. The summed E-state index contributed by atoms with van der Waals surface area (Å²) < 4.78 is 5.43. The zero-order chi connectivity index (χ0) is 8.84. The number of hydrogen-bond donors (Lipinski definition) is 1. The van der Waals surface area contributed by atoms with E-state index in [0.29, 0.717) is 0 Å². The molecule has 0 spiro atoms. The van der Waals surface area contributed by atoms with Crippen molar-refractivity contribution >= 4 is 16.7 Å². The van der Waals surface area contributed by atoms with Crippen molar-refractivity contribution in [3.05, 3.63) is 29.5 Å². The molecule has 0 unspecified atom stereocenters. The Hall–Kier alpha value is -1.44. The van der Waals surface area contributed by atoms with Gasteiger partial charge in [-0.2, -0.15) is 0 Å². The molecule has 2 heterocycles. The zero-order valence-electron chi connectivity index (χ0n) is 7.55. The molecule has 1 aromatic carbocycles. The Morgan fingerprint density at radius 3 is 3.23 bits per heavy atom. The van der Waals surface area contributed by atoms with Crippen molar-refractivity contribution in [1.82, 2.24) is 0 Å². The average molecular weight is 173 g/mol. The summed E-state index contributed by atoms with van der Waals surface area (Å²) in [6.45, 7) is 3.14. The summed E-state index contributed by atoms with van der Waals surface area (Å²) in [4.78, 5) is 0. The van der Waals surface area contributed by atoms with E-state index in [2.05, 4.69) is 24.4 Å². The lowest BCUT2D eigenvalue weighted by atomic mass is 10.1. The van der Waals surface area contributed by atoms with Gasteiger partial charge in [0.25, 0.3) is 0 Å². The molecule has 2 nitrogen and oxygen atoms in total. The molecule has 0 radical (unpaired) electrons. The monoisotopic (exact) mass is 173 g/mol. The normalized spacial score (nSPS) is 14.5. The maximum Gasteiger partial charge on any atom is 0.136 e. The number of furan rings is 1. The largest absolute Gasteiger partial charge is 0.464 e. The van der Waals surface area contributed by atoms with E-state index in [4.69, 9.17) is 4.42 Å². The molecule has 66 valence electrons. The second-order valence-electron chi connectivity index (χ2n) is 3.60. The SMILES string of the molecule is Cc1coc2cc3c(cc12)CCN3. The van der Waals surface area contributed by atoms with Gasteiger partial charge in [0.15, 0.2) is 0 Å². The maximum atomic E-state index is 5.43. The van der Waals surface area contributed by atoms with Crippen LogP contribution < -0.4 is 5.32 Å². The lowest BCUT2D eigenvalue weighted by Crippen LogP contribution is -1.90. The van der Waals surface area contributed by atoms with Crippen LogP contribution in [0.2, 0.25) is 0 Å². The molecule has 0 aliphatic carbocycles. The van der Waals surface area contributed by atoms with Gasteiger partial charge in [0, 0.05) is 23.7 Å². The second kappa shape index (κ2) is 2.28. The molecule has 0 fully saturated rings. The molecule has 13 heavy (non-hydrogen) atoms. The highest BCUT2D eigenvalue weighted by atomic mass is 16.3. The van der Waals surface area contributed by atoms with E-state index in [1.54, 1.807) is 0 Å². The third kappa shape index (κ3) is 0.886. The van der Waals surface area contributed by atoms with E-state index in [1.807, 2.05) is 6.26 Å². The Kier molecular flexibility index (Phi) is 1.23. The first kappa shape index (κ1) is 7.01. The van der Waals surface area contributed by atoms with Gasteiger partial charge < -0.3 is 9.73 Å². The van der Waals surface area contributed by atoms with Crippen LogP contribution in [0.15, 0.2) is 22.8 Å². The fraction of sp³-hybridized carbons (Fsp3) is 0.273. The molecule has 0 saturated heterocycles. The standard InChI is InChI=1S/C11H11NO/c1-7-6-13-11-5-10-8(2-3-12-10)4-9(7)11/h4-6,12H,2-3H2,1H3. The Labute approximate surface area is 76.5 Å². The predicted molar refractivity (Wildman–Crippen MR) is 53.1 cm³/mol. The van der Waals surface area contributed by atoms with E-state index >= 15 is 0 Å². The van der Waals surface area contributed by atoms with Crippen LogP contribution in [-0.2, 0) is 6.42 Å². The van der Waals surface area contributed by atoms with Gasteiger partial charge in [-0.3, -0.25) is 0 Å². The minimum absolute atomic E-state index is 0.991. The maximum absolute atomic E-state index is 5.43. The van der Waals surface area contributed by atoms with Gasteiger partial charge in [-0.05, 0) is 30.5 Å². The van der Waals surface area contributed by atoms with Crippen LogP contribution in [0.5, 0.6) is 0 Å². The molecular weight excluding hydrogens is 162 g/mol. The third-order valence-electron chi connectivity index (χ3n) is 2.70. The van der Waals surface area contributed by atoms with Crippen LogP contribution in [0.25, 0.3) is 11.0 Å². The number of benzene rings is 1. The highest BCUT2D eigenvalue weighted by Gasteiger charge is 2.12. The van der Waals surface area contributed by atoms with E-state index in [-0.39, 0.29) is 0 Å². The van der Waals surface area contributed by atoms with Crippen molar-refractivity contribution in [2.75, 3.05) is 11.9 Å². The molecule has 0 amide bonds. The van der Waals surface area contributed by atoms with Gasteiger partial charge in [-0.1, -0.05) is 0 Å². The molecular formula is C11H11NO. The van der Waals surface area contributed by atoms with E-state index in [0.717, 1.165) is 18.5 Å². The lowest BCUT2D eigenvalue weighted by molar-refractivity contribution is 0.613. The molecule has 0 bridgehead atoms. The molecule has 1 aliphatic heterocycles. The number of nitrogens with one attached hydrogen (secondary N) is 1. The molecule has 3 rings (SSSR count). The second-order valence-corrected chi connectivity index (χ2v) is 3.60. The summed E-state index contributed by atoms with van der Waals surface area (Å²) in [5, 5.41) is 4.59. The van der Waals surface area contributed by atoms with Crippen molar-refractivity contribution in [3.63, 3.8) is 0 Å². The number of fused-ring (bicyclic) bond motifs is 2. The predicted octanol–water partition coefficient (Wildman–Crippen LogP) is 2.71. The molecule has 1 aromatic heterocycles. The summed E-state index contributed by atoms with van der Waals surface area (Å²) in [6.07, 6.45) is 2.95. The summed E-state index contributed by atoms with van der Waals surface area (Å²) in [5.41, 5.74) is 4.87.